The molecule has 0 unspecified atom stereocenters. The zero-order valence-electron chi connectivity index (χ0n) is 16.5. The van der Waals surface area contributed by atoms with E-state index in [4.69, 9.17) is 0 Å². The van der Waals surface area contributed by atoms with Crippen LogP contribution in [0, 0.1) is 18.8 Å². The number of aromatic nitrogens is 2. The highest BCUT2D eigenvalue weighted by atomic mass is 32.2. The van der Waals surface area contributed by atoms with Gasteiger partial charge in [0.1, 0.15) is 5.01 Å². The molecular formula is C20H22N4O4S2. The molecule has 3 atom stereocenters. The lowest BCUT2D eigenvalue weighted by Gasteiger charge is -2.24. The highest BCUT2D eigenvalue weighted by Gasteiger charge is 2.33. The molecule has 0 fully saturated rings. The largest absolute Gasteiger partial charge is 0.481 e. The van der Waals surface area contributed by atoms with E-state index in [1.165, 1.54) is 23.1 Å². The SMILES string of the molecule is Cc1nnc(NC(=O)[C@@H](C)Sc2ccc(NC(=O)[C@H]3CC=CC[C@@H]3C(=O)O)cc2)s1. The first-order chi connectivity index (χ1) is 14.3. The van der Waals surface area contributed by atoms with Crippen LogP contribution >= 0.6 is 23.1 Å². The van der Waals surface area contributed by atoms with Crippen molar-refractivity contribution in [3.05, 3.63) is 41.4 Å². The van der Waals surface area contributed by atoms with Gasteiger partial charge in [-0.3, -0.25) is 19.7 Å². The van der Waals surface area contributed by atoms with E-state index in [9.17, 15) is 19.5 Å². The third kappa shape index (κ3) is 5.67. The number of nitrogens with zero attached hydrogens (tertiary/aromatic N) is 2. The van der Waals surface area contributed by atoms with Gasteiger partial charge in [-0.15, -0.1) is 22.0 Å². The molecule has 2 aromatic rings. The molecule has 0 saturated carbocycles. The van der Waals surface area contributed by atoms with Crippen molar-refractivity contribution in [1.29, 1.82) is 0 Å². The maximum Gasteiger partial charge on any atom is 0.307 e. The van der Waals surface area contributed by atoms with E-state index in [2.05, 4.69) is 20.8 Å². The van der Waals surface area contributed by atoms with Crippen LogP contribution in [0.4, 0.5) is 10.8 Å². The summed E-state index contributed by atoms with van der Waals surface area (Å²) in [4.78, 5) is 37.1. The number of carboxylic acids is 1. The maximum atomic E-state index is 12.5. The second-order valence-corrected chi connectivity index (χ2v) is 9.48. The molecule has 1 aromatic heterocycles. The van der Waals surface area contributed by atoms with Crippen LogP contribution in [-0.2, 0) is 14.4 Å². The van der Waals surface area contributed by atoms with Crippen molar-refractivity contribution in [2.75, 3.05) is 10.6 Å². The topological polar surface area (TPSA) is 121 Å². The fraction of sp³-hybridized carbons (Fsp3) is 0.350. The van der Waals surface area contributed by atoms with Crippen molar-refractivity contribution in [3.8, 4) is 0 Å². The molecule has 1 aromatic carbocycles. The van der Waals surface area contributed by atoms with Crippen molar-refractivity contribution >= 4 is 51.7 Å². The van der Waals surface area contributed by atoms with Crippen LogP contribution in [-0.4, -0.2) is 38.3 Å². The molecule has 3 N–H and O–H groups in total. The molecule has 0 aliphatic heterocycles. The predicted molar refractivity (Wildman–Crippen MR) is 117 cm³/mol. The third-order valence-electron chi connectivity index (χ3n) is 4.65. The summed E-state index contributed by atoms with van der Waals surface area (Å²) in [6.45, 7) is 3.62. The lowest BCUT2D eigenvalue weighted by molar-refractivity contribution is -0.146. The quantitative estimate of drug-likeness (QED) is 0.439. The number of hydrogen-bond donors (Lipinski definition) is 3. The van der Waals surface area contributed by atoms with E-state index in [1.54, 1.807) is 25.1 Å². The Morgan fingerprint density at radius 1 is 1.10 bits per heavy atom. The maximum absolute atomic E-state index is 12.5. The van der Waals surface area contributed by atoms with Crippen molar-refractivity contribution in [2.45, 2.75) is 36.8 Å². The summed E-state index contributed by atoms with van der Waals surface area (Å²) in [7, 11) is 0. The number of rotatable bonds is 7. The summed E-state index contributed by atoms with van der Waals surface area (Å²) in [6.07, 6.45) is 4.42. The number of hydrogen-bond acceptors (Lipinski definition) is 7. The summed E-state index contributed by atoms with van der Waals surface area (Å²) < 4.78 is 0. The summed E-state index contributed by atoms with van der Waals surface area (Å²) in [6, 6.07) is 7.12. The van der Waals surface area contributed by atoms with Crippen LogP contribution in [0.25, 0.3) is 0 Å². The fourth-order valence-electron chi connectivity index (χ4n) is 3.04. The van der Waals surface area contributed by atoms with Gasteiger partial charge in [0, 0.05) is 10.6 Å². The van der Waals surface area contributed by atoms with Crippen LogP contribution in [0.15, 0.2) is 41.3 Å². The van der Waals surface area contributed by atoms with Gasteiger partial charge in [-0.2, -0.15) is 0 Å². The highest BCUT2D eigenvalue weighted by Crippen LogP contribution is 2.29. The molecular weight excluding hydrogens is 424 g/mol. The van der Waals surface area contributed by atoms with Crippen LogP contribution in [0.3, 0.4) is 0 Å². The Kier molecular flexibility index (Phi) is 7.22. The number of anilines is 2. The summed E-state index contributed by atoms with van der Waals surface area (Å²) in [5.74, 6) is -2.72. The minimum absolute atomic E-state index is 0.168. The van der Waals surface area contributed by atoms with Crippen LogP contribution in [0.5, 0.6) is 0 Å². The fourth-order valence-corrected chi connectivity index (χ4v) is 4.50. The highest BCUT2D eigenvalue weighted by molar-refractivity contribution is 8.00. The average Bonchev–Trinajstić information content (AvgIpc) is 3.13. The van der Waals surface area contributed by atoms with Crippen molar-refractivity contribution < 1.29 is 19.5 Å². The minimum atomic E-state index is -0.956. The first-order valence-electron chi connectivity index (χ1n) is 9.40. The van der Waals surface area contributed by atoms with Gasteiger partial charge < -0.3 is 10.4 Å². The number of carbonyl (C=O) groups is 3. The van der Waals surface area contributed by atoms with Gasteiger partial charge in [0.15, 0.2) is 0 Å². The van der Waals surface area contributed by atoms with Gasteiger partial charge in [0.2, 0.25) is 16.9 Å². The van der Waals surface area contributed by atoms with E-state index >= 15 is 0 Å². The Labute approximate surface area is 182 Å². The van der Waals surface area contributed by atoms with Crippen molar-refractivity contribution in [1.82, 2.24) is 10.2 Å². The predicted octanol–water partition coefficient (Wildman–Crippen LogP) is 3.57. The van der Waals surface area contributed by atoms with Gasteiger partial charge in [0.05, 0.1) is 17.1 Å². The number of thioether (sulfide) groups is 1. The molecule has 30 heavy (non-hydrogen) atoms. The number of benzene rings is 1. The van der Waals surface area contributed by atoms with E-state index < -0.39 is 17.8 Å². The lowest BCUT2D eigenvalue weighted by atomic mass is 9.82. The Morgan fingerprint density at radius 3 is 2.37 bits per heavy atom. The monoisotopic (exact) mass is 446 g/mol. The van der Waals surface area contributed by atoms with E-state index in [-0.39, 0.29) is 17.1 Å². The van der Waals surface area contributed by atoms with Crippen LogP contribution < -0.4 is 10.6 Å². The summed E-state index contributed by atoms with van der Waals surface area (Å²) in [5.41, 5.74) is 0.587. The molecule has 1 aliphatic rings. The third-order valence-corrected chi connectivity index (χ3v) is 6.51. The number of aliphatic carboxylic acids is 1. The van der Waals surface area contributed by atoms with E-state index in [0.717, 1.165) is 9.90 Å². The van der Waals surface area contributed by atoms with Gasteiger partial charge in [-0.1, -0.05) is 23.5 Å². The number of aryl methyl sites for hydroxylation is 1. The number of amides is 2. The zero-order valence-corrected chi connectivity index (χ0v) is 18.1. The number of nitrogens with one attached hydrogen (secondary N) is 2. The van der Waals surface area contributed by atoms with Gasteiger partial charge in [0.25, 0.3) is 0 Å². The molecule has 1 heterocycles. The number of allylic oxidation sites excluding steroid dienone is 2. The first kappa shape index (κ1) is 22.0. The number of carboxylic acid groups (broad SMARTS) is 1. The minimum Gasteiger partial charge on any atom is -0.481 e. The standard InChI is InChI=1S/C20H22N4O4S2/c1-11(17(25)22-20-24-23-12(2)30-20)29-14-9-7-13(8-10-14)21-18(26)15-5-3-4-6-16(15)19(27)28/h3-4,7-11,15-16H,5-6H2,1-2H3,(H,21,26)(H,27,28)(H,22,24,25)/t11-,15+,16+/m1/s1. The van der Waals surface area contributed by atoms with Gasteiger partial charge >= 0.3 is 5.97 Å². The molecule has 10 heteroatoms. The van der Waals surface area contributed by atoms with E-state index in [1.807, 2.05) is 25.1 Å². The molecule has 2 amide bonds. The van der Waals surface area contributed by atoms with Crippen LogP contribution in [0.1, 0.15) is 24.8 Å². The van der Waals surface area contributed by atoms with Gasteiger partial charge in [-0.25, -0.2) is 0 Å². The number of carbonyl (C=O) groups excluding carboxylic acids is 2. The Balaban J connectivity index is 1.55. The first-order valence-corrected chi connectivity index (χ1v) is 11.1. The lowest BCUT2D eigenvalue weighted by Crippen LogP contribution is -2.34. The normalized spacial score (nSPS) is 19.1. The summed E-state index contributed by atoms with van der Waals surface area (Å²) >= 11 is 2.70. The van der Waals surface area contributed by atoms with Crippen LogP contribution in [0.2, 0.25) is 0 Å². The van der Waals surface area contributed by atoms with Crippen molar-refractivity contribution in [2.24, 2.45) is 11.8 Å². The van der Waals surface area contributed by atoms with E-state index in [0.29, 0.717) is 23.7 Å². The Bertz CT molecular complexity index is 958. The zero-order chi connectivity index (χ0) is 21.7. The molecule has 0 saturated heterocycles. The molecule has 1 aliphatic carbocycles. The second-order valence-electron chi connectivity index (χ2n) is 6.88. The average molecular weight is 447 g/mol. The van der Waals surface area contributed by atoms with Gasteiger partial charge in [-0.05, 0) is 51.0 Å². The Hall–Kier alpha value is -2.72. The van der Waals surface area contributed by atoms with Crippen molar-refractivity contribution in [3.63, 3.8) is 0 Å². The molecule has 0 bridgehead atoms. The summed E-state index contributed by atoms with van der Waals surface area (Å²) in [5, 5.41) is 23.5. The molecule has 0 spiro atoms. The Morgan fingerprint density at radius 2 is 1.77 bits per heavy atom. The molecule has 0 radical (unpaired) electrons. The second kappa shape index (κ2) is 9.86. The molecule has 8 nitrogen and oxygen atoms in total. The smallest absolute Gasteiger partial charge is 0.307 e. The molecule has 158 valence electrons. The molecule has 3 rings (SSSR count).